The Morgan fingerprint density at radius 2 is 1.76 bits per heavy atom. The number of aryl methyl sites for hydroxylation is 1. The SMILES string of the molecule is C/C(O)=C(\C=N/C(=S)Nc1ccc(S(N)(=O)=O)cc1)C(=O)Nc1ccccc1C. The number of primary sulfonamides is 1. The Morgan fingerprint density at radius 3 is 2.31 bits per heavy atom. The highest BCUT2D eigenvalue weighted by Gasteiger charge is 2.13. The van der Waals surface area contributed by atoms with E-state index in [2.05, 4.69) is 15.6 Å². The summed E-state index contributed by atoms with van der Waals surface area (Å²) in [6.07, 6.45) is 1.15. The van der Waals surface area contributed by atoms with Crippen molar-refractivity contribution >= 4 is 50.9 Å². The molecule has 0 spiro atoms. The van der Waals surface area contributed by atoms with Crippen molar-refractivity contribution in [2.24, 2.45) is 10.1 Å². The van der Waals surface area contributed by atoms with Crippen LogP contribution in [0.5, 0.6) is 0 Å². The van der Waals surface area contributed by atoms with Gasteiger partial charge in [0.1, 0.15) is 5.76 Å². The lowest BCUT2D eigenvalue weighted by Crippen LogP contribution is -2.18. The number of para-hydroxylation sites is 1. The summed E-state index contributed by atoms with van der Waals surface area (Å²) in [4.78, 5) is 16.4. The topological polar surface area (TPSA) is 134 Å². The van der Waals surface area contributed by atoms with Crippen LogP contribution in [0.15, 0.2) is 69.8 Å². The van der Waals surface area contributed by atoms with Crippen LogP contribution in [0.4, 0.5) is 11.4 Å². The van der Waals surface area contributed by atoms with Crippen molar-refractivity contribution < 1.29 is 18.3 Å². The monoisotopic (exact) mass is 432 g/mol. The molecule has 2 rings (SSSR count). The molecule has 0 radical (unpaired) electrons. The third-order valence-corrected chi connectivity index (χ3v) is 4.91. The van der Waals surface area contributed by atoms with Crippen molar-refractivity contribution in [3.63, 3.8) is 0 Å². The summed E-state index contributed by atoms with van der Waals surface area (Å²) in [7, 11) is -3.79. The van der Waals surface area contributed by atoms with Crippen LogP contribution in [0, 0.1) is 6.92 Å². The molecule has 5 N–H and O–H groups in total. The summed E-state index contributed by atoms with van der Waals surface area (Å²) in [6.45, 7) is 3.21. The molecule has 0 aliphatic heterocycles. The minimum atomic E-state index is -3.79. The second kappa shape index (κ2) is 9.41. The summed E-state index contributed by atoms with van der Waals surface area (Å²) in [5.41, 5.74) is 1.91. The molecule has 152 valence electrons. The maximum absolute atomic E-state index is 12.5. The van der Waals surface area contributed by atoms with Gasteiger partial charge in [-0.05, 0) is 62.0 Å². The first-order valence-electron chi connectivity index (χ1n) is 8.32. The first-order valence-corrected chi connectivity index (χ1v) is 10.3. The van der Waals surface area contributed by atoms with E-state index in [0.29, 0.717) is 11.4 Å². The van der Waals surface area contributed by atoms with Gasteiger partial charge in [0.05, 0.1) is 10.5 Å². The molecule has 10 heteroatoms. The minimum absolute atomic E-state index is 0.01000. The highest BCUT2D eigenvalue weighted by atomic mass is 32.2. The van der Waals surface area contributed by atoms with E-state index >= 15 is 0 Å². The molecule has 0 fully saturated rings. The van der Waals surface area contributed by atoms with Crippen molar-refractivity contribution in [1.29, 1.82) is 0 Å². The molecule has 2 aromatic rings. The van der Waals surface area contributed by atoms with Crippen LogP contribution in [0.1, 0.15) is 12.5 Å². The Hall–Kier alpha value is -3.08. The van der Waals surface area contributed by atoms with E-state index < -0.39 is 15.9 Å². The Bertz CT molecular complexity index is 1090. The normalized spacial score (nSPS) is 12.4. The number of amides is 1. The van der Waals surface area contributed by atoms with E-state index in [1.165, 1.54) is 31.2 Å². The van der Waals surface area contributed by atoms with Crippen LogP contribution >= 0.6 is 12.2 Å². The molecular formula is C19H20N4O4S2. The van der Waals surface area contributed by atoms with Gasteiger partial charge in [0, 0.05) is 17.6 Å². The maximum atomic E-state index is 12.5. The predicted molar refractivity (Wildman–Crippen MR) is 118 cm³/mol. The number of nitrogens with one attached hydrogen (secondary N) is 2. The second-order valence-electron chi connectivity index (χ2n) is 6.03. The third kappa shape index (κ3) is 6.49. The number of thiocarbonyl (C=S) groups is 1. The zero-order valence-electron chi connectivity index (χ0n) is 15.7. The number of carbonyl (C=O) groups is 1. The molecular weight excluding hydrogens is 412 g/mol. The molecule has 8 nitrogen and oxygen atoms in total. The van der Waals surface area contributed by atoms with E-state index in [-0.39, 0.29) is 21.3 Å². The molecule has 0 bridgehead atoms. The van der Waals surface area contributed by atoms with Gasteiger partial charge in [-0.15, -0.1) is 0 Å². The Balaban J connectivity index is 2.08. The van der Waals surface area contributed by atoms with Gasteiger partial charge in [-0.2, -0.15) is 0 Å². The lowest BCUT2D eigenvalue weighted by atomic mass is 10.2. The number of anilines is 2. The second-order valence-corrected chi connectivity index (χ2v) is 7.97. The van der Waals surface area contributed by atoms with Crippen molar-refractivity contribution in [2.45, 2.75) is 18.7 Å². The van der Waals surface area contributed by atoms with Gasteiger partial charge in [-0.1, -0.05) is 18.2 Å². The highest BCUT2D eigenvalue weighted by molar-refractivity contribution is 7.89. The highest BCUT2D eigenvalue weighted by Crippen LogP contribution is 2.15. The van der Waals surface area contributed by atoms with Gasteiger partial charge in [-0.3, -0.25) is 4.79 Å². The molecule has 0 aromatic heterocycles. The number of benzene rings is 2. The predicted octanol–water partition coefficient (Wildman–Crippen LogP) is 2.88. The standard InChI is InChI=1S/C19H20N4O4S2/c1-12-5-3-4-6-17(12)23-18(25)16(13(2)24)11-21-19(28)22-14-7-9-15(10-8-14)29(20,26)27/h3-11,24H,1-2H3,(H,22,28)(H,23,25)(H2,20,26,27)/b16-13-,21-11-. The van der Waals surface area contributed by atoms with Crippen molar-refractivity contribution in [3.8, 4) is 0 Å². The van der Waals surface area contributed by atoms with Crippen LogP contribution < -0.4 is 15.8 Å². The Kier molecular flexibility index (Phi) is 7.21. The van der Waals surface area contributed by atoms with Gasteiger partial charge in [-0.25, -0.2) is 18.5 Å². The van der Waals surface area contributed by atoms with E-state index in [0.717, 1.165) is 11.8 Å². The summed E-state index contributed by atoms with van der Waals surface area (Å²) < 4.78 is 22.5. The fraction of sp³-hybridized carbons (Fsp3) is 0.105. The fourth-order valence-corrected chi connectivity index (χ4v) is 2.91. The molecule has 1 amide bonds. The molecule has 2 aromatic carbocycles. The number of carbonyl (C=O) groups excluding carboxylic acids is 1. The lowest BCUT2D eigenvalue weighted by molar-refractivity contribution is -0.112. The number of nitrogens with two attached hydrogens (primary N) is 1. The smallest absolute Gasteiger partial charge is 0.260 e. The molecule has 29 heavy (non-hydrogen) atoms. The van der Waals surface area contributed by atoms with Crippen LogP contribution in [0.3, 0.4) is 0 Å². The van der Waals surface area contributed by atoms with Crippen LogP contribution in [-0.4, -0.2) is 30.8 Å². The average Bonchev–Trinajstić information content (AvgIpc) is 2.63. The number of allylic oxidation sites excluding steroid dienone is 1. The van der Waals surface area contributed by atoms with E-state index in [1.54, 1.807) is 12.1 Å². The molecule has 0 unspecified atom stereocenters. The first kappa shape index (κ1) is 22.2. The number of hydrogen-bond donors (Lipinski definition) is 4. The number of aliphatic imine (C=N–C) groups is 1. The van der Waals surface area contributed by atoms with Crippen LogP contribution in [-0.2, 0) is 14.8 Å². The van der Waals surface area contributed by atoms with Gasteiger partial charge in [0.2, 0.25) is 10.0 Å². The Labute approximate surface area is 174 Å². The van der Waals surface area contributed by atoms with Crippen LogP contribution in [0.25, 0.3) is 0 Å². The molecule has 0 heterocycles. The number of sulfonamides is 1. The van der Waals surface area contributed by atoms with E-state index in [1.807, 2.05) is 19.1 Å². The quantitative estimate of drug-likeness (QED) is 0.248. The zero-order valence-corrected chi connectivity index (χ0v) is 17.3. The summed E-state index contributed by atoms with van der Waals surface area (Å²) in [5, 5.41) is 20.4. The first-order chi connectivity index (χ1) is 13.6. The molecule has 0 saturated carbocycles. The maximum Gasteiger partial charge on any atom is 0.260 e. The lowest BCUT2D eigenvalue weighted by Gasteiger charge is -2.09. The average molecular weight is 433 g/mol. The number of aliphatic hydroxyl groups excluding tert-OH is 1. The summed E-state index contributed by atoms with van der Waals surface area (Å²) >= 11 is 5.10. The largest absolute Gasteiger partial charge is 0.512 e. The minimum Gasteiger partial charge on any atom is -0.512 e. The van der Waals surface area contributed by atoms with Crippen molar-refractivity contribution in [3.05, 3.63) is 65.4 Å². The van der Waals surface area contributed by atoms with Crippen molar-refractivity contribution in [1.82, 2.24) is 0 Å². The zero-order chi connectivity index (χ0) is 21.6. The van der Waals surface area contributed by atoms with E-state index in [4.69, 9.17) is 17.4 Å². The number of nitrogens with zero attached hydrogens (tertiary/aromatic N) is 1. The summed E-state index contributed by atoms with van der Waals surface area (Å²) in [5.74, 6) is -0.761. The van der Waals surface area contributed by atoms with Gasteiger partial charge >= 0.3 is 0 Å². The Morgan fingerprint density at radius 1 is 1.14 bits per heavy atom. The molecule has 0 aliphatic carbocycles. The van der Waals surface area contributed by atoms with E-state index in [9.17, 15) is 18.3 Å². The van der Waals surface area contributed by atoms with Crippen molar-refractivity contribution in [2.75, 3.05) is 10.6 Å². The van der Waals surface area contributed by atoms with Crippen LogP contribution in [0.2, 0.25) is 0 Å². The number of aliphatic hydroxyl groups is 1. The number of hydrogen-bond acceptors (Lipinski definition) is 5. The fourth-order valence-electron chi connectivity index (χ4n) is 2.23. The molecule has 0 aliphatic rings. The van der Waals surface area contributed by atoms with Gasteiger partial charge < -0.3 is 15.7 Å². The molecule has 0 atom stereocenters. The van der Waals surface area contributed by atoms with Gasteiger partial charge in [0.15, 0.2) is 5.11 Å². The molecule has 0 saturated heterocycles. The summed E-state index contributed by atoms with van der Waals surface area (Å²) in [6, 6.07) is 12.8. The number of rotatable bonds is 5. The van der Waals surface area contributed by atoms with Gasteiger partial charge in [0.25, 0.3) is 5.91 Å². The third-order valence-electron chi connectivity index (χ3n) is 3.77.